The maximum Gasteiger partial charge on any atom is 0.335 e. The molecule has 0 fully saturated rings. The number of nitrogens with two attached hydrogens (primary N) is 1. The molecule has 13 heavy (non-hydrogen) atoms. The van der Waals surface area contributed by atoms with E-state index in [0.29, 0.717) is 0 Å². The van der Waals surface area contributed by atoms with Gasteiger partial charge in [0, 0.05) is 0 Å². The molecule has 0 aliphatic rings. The van der Waals surface area contributed by atoms with E-state index in [0.717, 1.165) is 0 Å². The predicted molar refractivity (Wildman–Crippen MR) is 47.6 cm³/mol. The molecule has 0 unspecified atom stereocenters. The van der Waals surface area contributed by atoms with E-state index in [4.69, 9.17) is 28.0 Å². The summed E-state index contributed by atoms with van der Waals surface area (Å²) in [6.07, 6.45) is 0. The molecule has 0 saturated heterocycles. The fourth-order valence-electron chi connectivity index (χ4n) is 0.819. The summed E-state index contributed by atoms with van der Waals surface area (Å²) in [7, 11) is 0. The molecule has 0 radical (unpaired) electrons. The Balaban J connectivity index is 3.38. The Labute approximate surface area is 78.6 Å². The van der Waals surface area contributed by atoms with Gasteiger partial charge in [0.25, 0.3) is 0 Å². The number of nitrogens with one attached hydrogen (secondary N) is 1. The van der Waals surface area contributed by atoms with E-state index in [9.17, 15) is 4.79 Å². The number of hydrogen-bond acceptors (Lipinski definition) is 4. The van der Waals surface area contributed by atoms with Crippen molar-refractivity contribution in [2.75, 3.05) is 5.73 Å². The molecule has 0 heterocycles. The Morgan fingerprint density at radius 1 is 1.62 bits per heavy atom. The smallest absolute Gasteiger partial charge is 0.335 e. The van der Waals surface area contributed by atoms with E-state index in [1.165, 1.54) is 12.1 Å². The first-order valence-electron chi connectivity index (χ1n) is 3.26. The first-order chi connectivity index (χ1) is 6.06. The zero-order valence-electron chi connectivity index (χ0n) is 6.41. The second-order valence-corrected chi connectivity index (χ2v) is 2.72. The molecule has 68 valence electrons. The van der Waals surface area contributed by atoms with Crippen molar-refractivity contribution in [1.82, 2.24) is 0 Å². The number of nitrogen functional groups attached to an aromatic ring is 1. The zero-order chi connectivity index (χ0) is 10.0. The number of rotatable bonds is 2. The van der Waals surface area contributed by atoms with Crippen molar-refractivity contribution in [2.45, 2.75) is 0 Å². The lowest BCUT2D eigenvalue weighted by atomic mass is 10.2. The minimum Gasteiger partial charge on any atom is -0.478 e. The maximum absolute atomic E-state index is 10.5. The lowest BCUT2D eigenvalue weighted by Crippen LogP contribution is -1.97. The molecule has 0 bridgehead atoms. The molecule has 5 nitrogen and oxygen atoms in total. The van der Waals surface area contributed by atoms with Crippen molar-refractivity contribution in [2.24, 2.45) is 5.11 Å². The minimum absolute atomic E-state index is 0.0369. The number of anilines is 1. The number of aromatic carboxylic acids is 1. The van der Waals surface area contributed by atoms with Gasteiger partial charge in [-0.15, -0.1) is 0 Å². The number of hydrogen-bond donors (Lipinski definition) is 3. The van der Waals surface area contributed by atoms with E-state index in [1.54, 1.807) is 0 Å². The van der Waals surface area contributed by atoms with Crippen LogP contribution in [0, 0.1) is 5.53 Å². The summed E-state index contributed by atoms with van der Waals surface area (Å²) in [6, 6.07) is 2.41. The van der Waals surface area contributed by atoms with Crippen molar-refractivity contribution in [3.05, 3.63) is 22.7 Å². The molecule has 0 saturated carbocycles. The van der Waals surface area contributed by atoms with Crippen LogP contribution in [0.5, 0.6) is 0 Å². The van der Waals surface area contributed by atoms with Gasteiger partial charge in [-0.05, 0) is 12.1 Å². The Kier molecular flexibility index (Phi) is 2.48. The highest BCUT2D eigenvalue weighted by Gasteiger charge is 2.10. The molecule has 0 aromatic heterocycles. The molecule has 1 aromatic rings. The van der Waals surface area contributed by atoms with Crippen molar-refractivity contribution < 1.29 is 9.90 Å². The second kappa shape index (κ2) is 3.40. The molecule has 0 aliphatic carbocycles. The predicted octanol–water partition coefficient (Wildman–Crippen LogP) is 2.28. The van der Waals surface area contributed by atoms with Crippen LogP contribution in [0.2, 0.25) is 5.02 Å². The van der Waals surface area contributed by atoms with Crippen LogP contribution in [-0.4, -0.2) is 11.1 Å². The summed E-state index contributed by atoms with van der Waals surface area (Å²) in [4.78, 5) is 10.5. The van der Waals surface area contributed by atoms with E-state index in [2.05, 4.69) is 5.11 Å². The summed E-state index contributed by atoms with van der Waals surface area (Å²) < 4.78 is 0. The molecular formula is C7H6ClN3O2. The molecule has 0 amide bonds. The van der Waals surface area contributed by atoms with Gasteiger partial charge in [-0.25, -0.2) is 10.3 Å². The van der Waals surface area contributed by atoms with Crippen LogP contribution in [0.1, 0.15) is 10.4 Å². The van der Waals surface area contributed by atoms with Gasteiger partial charge in [0.2, 0.25) is 0 Å². The van der Waals surface area contributed by atoms with Crippen LogP contribution >= 0.6 is 11.6 Å². The summed E-state index contributed by atoms with van der Waals surface area (Å²) in [5.41, 5.74) is 12.3. The number of halogens is 1. The Morgan fingerprint density at radius 3 is 2.69 bits per heavy atom. The van der Waals surface area contributed by atoms with Gasteiger partial charge < -0.3 is 10.8 Å². The van der Waals surface area contributed by atoms with Crippen LogP contribution in [0.15, 0.2) is 17.2 Å². The van der Waals surface area contributed by atoms with Gasteiger partial charge >= 0.3 is 5.97 Å². The number of carboxylic acids is 1. The maximum atomic E-state index is 10.5. The van der Waals surface area contributed by atoms with Gasteiger partial charge in [0.05, 0.1) is 16.3 Å². The molecule has 0 aliphatic heterocycles. The molecule has 6 heteroatoms. The summed E-state index contributed by atoms with van der Waals surface area (Å²) in [5, 5.41) is 11.8. The Hall–Kier alpha value is -1.62. The van der Waals surface area contributed by atoms with E-state index >= 15 is 0 Å². The van der Waals surface area contributed by atoms with E-state index < -0.39 is 5.97 Å². The minimum atomic E-state index is -1.13. The molecule has 0 spiro atoms. The Morgan fingerprint density at radius 2 is 2.23 bits per heavy atom. The number of carboxylic acid groups (broad SMARTS) is 1. The SMILES string of the molecule is N=Nc1cc(C(=O)O)cc(Cl)c1N. The van der Waals surface area contributed by atoms with Gasteiger partial charge in [-0.3, -0.25) is 0 Å². The highest BCUT2D eigenvalue weighted by atomic mass is 35.5. The lowest BCUT2D eigenvalue weighted by molar-refractivity contribution is 0.0697. The number of benzene rings is 1. The van der Waals surface area contributed by atoms with Crippen molar-refractivity contribution in [1.29, 1.82) is 5.53 Å². The third kappa shape index (κ3) is 1.75. The topological polar surface area (TPSA) is 99.5 Å². The molecule has 1 aromatic carbocycles. The van der Waals surface area contributed by atoms with Crippen LogP contribution in [0.3, 0.4) is 0 Å². The van der Waals surface area contributed by atoms with Gasteiger partial charge in [-0.2, -0.15) is 5.11 Å². The fraction of sp³-hybridized carbons (Fsp3) is 0. The van der Waals surface area contributed by atoms with Crippen LogP contribution < -0.4 is 5.73 Å². The van der Waals surface area contributed by atoms with Crippen molar-refractivity contribution in [3.8, 4) is 0 Å². The van der Waals surface area contributed by atoms with E-state index in [-0.39, 0.29) is 22.0 Å². The highest BCUT2D eigenvalue weighted by Crippen LogP contribution is 2.31. The van der Waals surface area contributed by atoms with Crippen molar-refractivity contribution in [3.63, 3.8) is 0 Å². The van der Waals surface area contributed by atoms with Gasteiger partial charge in [-0.1, -0.05) is 11.6 Å². The third-order valence-electron chi connectivity index (χ3n) is 1.48. The first-order valence-corrected chi connectivity index (χ1v) is 3.64. The Bertz CT molecular complexity index is 378. The average Bonchev–Trinajstić information content (AvgIpc) is 2.09. The molecule has 4 N–H and O–H groups in total. The highest BCUT2D eigenvalue weighted by molar-refractivity contribution is 6.34. The number of nitrogens with zero attached hydrogens (tertiary/aromatic N) is 1. The van der Waals surface area contributed by atoms with Crippen molar-refractivity contribution >= 4 is 28.9 Å². The second-order valence-electron chi connectivity index (χ2n) is 2.31. The van der Waals surface area contributed by atoms with Crippen LogP contribution in [0.25, 0.3) is 0 Å². The van der Waals surface area contributed by atoms with Gasteiger partial charge in [0.15, 0.2) is 0 Å². The molecule has 1 rings (SSSR count). The van der Waals surface area contributed by atoms with Crippen LogP contribution in [0.4, 0.5) is 11.4 Å². The largest absolute Gasteiger partial charge is 0.478 e. The third-order valence-corrected chi connectivity index (χ3v) is 1.79. The summed E-state index contributed by atoms with van der Waals surface area (Å²) in [5.74, 6) is -1.13. The summed E-state index contributed by atoms with van der Waals surface area (Å²) >= 11 is 5.61. The fourth-order valence-corrected chi connectivity index (χ4v) is 1.03. The summed E-state index contributed by atoms with van der Waals surface area (Å²) in [6.45, 7) is 0. The standard InChI is InChI=1S/C7H6ClN3O2/c8-4-1-3(7(12)13)2-5(11-10)6(4)9/h1-2,10H,9H2,(H,12,13). The normalized spacial score (nSPS) is 9.62. The first kappa shape index (κ1) is 9.47. The van der Waals surface area contributed by atoms with Gasteiger partial charge in [0.1, 0.15) is 5.69 Å². The number of carbonyl (C=O) groups is 1. The van der Waals surface area contributed by atoms with Crippen LogP contribution in [-0.2, 0) is 0 Å². The monoisotopic (exact) mass is 199 g/mol. The van der Waals surface area contributed by atoms with E-state index in [1.807, 2.05) is 0 Å². The average molecular weight is 200 g/mol. The quantitative estimate of drug-likeness (QED) is 0.503. The molecule has 0 atom stereocenters. The molecular weight excluding hydrogens is 194 g/mol. The lowest BCUT2D eigenvalue weighted by Gasteiger charge is -2.02. The zero-order valence-corrected chi connectivity index (χ0v) is 7.17.